The number of halogens is 2. The van der Waals surface area contributed by atoms with Gasteiger partial charge >= 0.3 is 12.1 Å². The number of carbonyl (C=O) groups is 2. The number of hydrogen-bond acceptors (Lipinski definition) is 5. The number of ether oxygens (including phenoxy) is 3. The van der Waals surface area contributed by atoms with Crippen LogP contribution in [0.5, 0.6) is 5.75 Å². The molecule has 0 spiro atoms. The van der Waals surface area contributed by atoms with Crippen LogP contribution in [0.25, 0.3) is 0 Å². The Hall–Kier alpha value is -2.42. The topological polar surface area (TPSA) is 85.3 Å². The summed E-state index contributed by atoms with van der Waals surface area (Å²) < 4.78 is 42.4. The van der Waals surface area contributed by atoms with Crippen molar-refractivity contribution in [2.75, 3.05) is 32.9 Å². The van der Waals surface area contributed by atoms with Gasteiger partial charge in [0.25, 0.3) is 0 Å². The van der Waals surface area contributed by atoms with Crippen LogP contribution in [0.2, 0.25) is 0 Å². The summed E-state index contributed by atoms with van der Waals surface area (Å²) in [6, 6.07) is 7.05. The fraction of sp³-hybridized carbons (Fsp3) is 0.692. The maximum Gasteiger partial charge on any atom is 0.409 e. The Balaban J connectivity index is 2.59. The van der Waals surface area contributed by atoms with Gasteiger partial charge in [-0.15, -0.1) is 0 Å². The summed E-state index contributed by atoms with van der Waals surface area (Å²) >= 11 is 0. The second kappa shape index (κ2) is 14.9. The van der Waals surface area contributed by atoms with Crippen LogP contribution < -0.4 is 4.74 Å². The zero-order chi connectivity index (χ0) is 26.5. The zero-order valence-electron chi connectivity index (χ0n) is 21.6. The van der Waals surface area contributed by atoms with Gasteiger partial charge in [-0.05, 0) is 49.8 Å². The van der Waals surface area contributed by atoms with Crippen molar-refractivity contribution in [3.8, 4) is 5.75 Å². The molecule has 0 radical (unpaired) electrons. The van der Waals surface area contributed by atoms with Crippen LogP contribution in [-0.4, -0.2) is 67.0 Å². The van der Waals surface area contributed by atoms with Gasteiger partial charge in [-0.25, -0.2) is 18.4 Å². The Morgan fingerprint density at radius 3 is 2.23 bits per heavy atom. The van der Waals surface area contributed by atoms with E-state index in [9.17, 15) is 23.5 Å². The van der Waals surface area contributed by atoms with Crippen LogP contribution in [0, 0.1) is 5.41 Å². The minimum absolute atomic E-state index is 0.168. The van der Waals surface area contributed by atoms with Gasteiger partial charge in [-0.1, -0.05) is 39.3 Å². The first kappa shape index (κ1) is 30.6. The molecule has 0 saturated carbocycles. The number of rotatable bonds is 16. The normalized spacial score (nSPS) is 12.8. The van der Waals surface area contributed by atoms with E-state index in [0.29, 0.717) is 44.7 Å². The number of carboxylic acids is 1. The third kappa shape index (κ3) is 14.5. The first-order chi connectivity index (χ1) is 16.3. The number of unbranched alkanes of at least 4 members (excludes halogenated alkanes) is 2. The van der Waals surface area contributed by atoms with Crippen molar-refractivity contribution in [3.05, 3.63) is 29.8 Å². The molecule has 0 aliphatic heterocycles. The molecule has 1 unspecified atom stereocenters. The molecular formula is C26H41F2NO6. The van der Waals surface area contributed by atoms with Gasteiger partial charge in [0, 0.05) is 26.0 Å². The summed E-state index contributed by atoms with van der Waals surface area (Å²) in [5.74, 6) is -3.09. The van der Waals surface area contributed by atoms with E-state index in [-0.39, 0.29) is 31.5 Å². The van der Waals surface area contributed by atoms with E-state index in [0.717, 1.165) is 12.5 Å². The number of nitrogens with zero attached hydrogens (tertiary/aromatic N) is 1. The van der Waals surface area contributed by atoms with Gasteiger partial charge in [-0.2, -0.15) is 0 Å². The Labute approximate surface area is 207 Å². The van der Waals surface area contributed by atoms with Crippen LogP contribution in [0.4, 0.5) is 13.6 Å². The third-order valence-electron chi connectivity index (χ3n) is 5.05. The molecule has 1 atom stereocenters. The average Bonchev–Trinajstić information content (AvgIpc) is 2.75. The van der Waals surface area contributed by atoms with Crippen LogP contribution in [0.3, 0.4) is 0 Å². The van der Waals surface area contributed by atoms with Crippen molar-refractivity contribution < 1.29 is 37.7 Å². The maximum atomic E-state index is 13.0. The Morgan fingerprint density at radius 1 is 1.03 bits per heavy atom. The highest BCUT2D eigenvalue weighted by molar-refractivity contribution is 5.72. The molecule has 1 N–H and O–H groups in total. The molecule has 0 aliphatic carbocycles. The molecule has 9 heteroatoms. The van der Waals surface area contributed by atoms with Crippen molar-refractivity contribution in [2.24, 2.45) is 5.41 Å². The molecule has 1 aromatic carbocycles. The van der Waals surface area contributed by atoms with Crippen molar-refractivity contribution in [1.29, 1.82) is 0 Å². The number of carboxylic acid groups (broad SMARTS) is 1. The lowest BCUT2D eigenvalue weighted by atomic mass is 9.99. The number of benzene rings is 1. The van der Waals surface area contributed by atoms with Crippen LogP contribution in [-0.2, 0) is 20.7 Å². The minimum atomic E-state index is -2.67. The molecule has 35 heavy (non-hydrogen) atoms. The predicted molar refractivity (Wildman–Crippen MR) is 130 cm³/mol. The fourth-order valence-electron chi connectivity index (χ4n) is 3.21. The molecular weight excluding hydrogens is 460 g/mol. The van der Waals surface area contributed by atoms with Crippen LogP contribution >= 0.6 is 0 Å². The van der Waals surface area contributed by atoms with Crippen molar-refractivity contribution in [2.45, 2.75) is 78.7 Å². The molecule has 1 aromatic rings. The number of alkyl halides is 2. The number of aliphatic carboxylic acids is 1. The van der Waals surface area contributed by atoms with Crippen molar-refractivity contribution in [3.63, 3.8) is 0 Å². The van der Waals surface area contributed by atoms with E-state index in [1.165, 1.54) is 0 Å². The summed E-state index contributed by atoms with van der Waals surface area (Å²) in [7, 11) is 0. The molecule has 0 aromatic heterocycles. The lowest BCUT2D eigenvalue weighted by molar-refractivity contribution is -0.149. The summed E-state index contributed by atoms with van der Waals surface area (Å²) in [4.78, 5) is 25.4. The highest BCUT2D eigenvalue weighted by Crippen LogP contribution is 2.21. The largest absolute Gasteiger partial charge is 0.492 e. The standard InChI is InChI=1S/C26H41F2NO6/c1-6-33-22(23(30)31)18-20-10-12-21(13-11-20)34-17-16-29(24(32)35-19-25(2,3)4)15-9-7-8-14-26(5,27)28/h10-13,22H,6-9,14-19H2,1-5H3,(H,30,31). The smallest absolute Gasteiger partial charge is 0.409 e. The molecule has 0 heterocycles. The Kier molecular flexibility index (Phi) is 13.0. The zero-order valence-corrected chi connectivity index (χ0v) is 21.6. The maximum absolute atomic E-state index is 13.0. The summed E-state index contributed by atoms with van der Waals surface area (Å²) in [6.45, 7) is 10.1. The lowest BCUT2D eigenvalue weighted by Gasteiger charge is -2.25. The SMILES string of the molecule is CCOC(Cc1ccc(OCCN(CCCCCC(C)(F)F)C(=O)OCC(C)(C)C)cc1)C(=O)O. The minimum Gasteiger partial charge on any atom is -0.492 e. The Bertz CT molecular complexity index is 759. The molecule has 0 fully saturated rings. The first-order valence-electron chi connectivity index (χ1n) is 12.2. The highest BCUT2D eigenvalue weighted by atomic mass is 19.3. The van der Waals surface area contributed by atoms with E-state index in [2.05, 4.69) is 0 Å². The first-order valence-corrected chi connectivity index (χ1v) is 12.2. The van der Waals surface area contributed by atoms with Crippen LogP contribution in [0.15, 0.2) is 24.3 Å². The summed E-state index contributed by atoms with van der Waals surface area (Å²) in [5, 5.41) is 9.22. The second-order valence-corrected chi connectivity index (χ2v) is 9.96. The van der Waals surface area contributed by atoms with E-state index in [4.69, 9.17) is 14.2 Å². The third-order valence-corrected chi connectivity index (χ3v) is 5.05. The molecule has 0 aliphatic rings. The van der Waals surface area contributed by atoms with Crippen molar-refractivity contribution >= 4 is 12.1 Å². The molecule has 200 valence electrons. The van der Waals surface area contributed by atoms with Gasteiger partial charge in [0.15, 0.2) is 6.10 Å². The number of hydrogen-bond donors (Lipinski definition) is 1. The van der Waals surface area contributed by atoms with Crippen LogP contribution in [0.1, 0.15) is 65.9 Å². The quantitative estimate of drug-likeness (QED) is 0.288. The van der Waals surface area contributed by atoms with Gasteiger partial charge in [0.1, 0.15) is 12.4 Å². The molecule has 0 saturated heterocycles. The fourth-order valence-corrected chi connectivity index (χ4v) is 3.21. The second-order valence-electron chi connectivity index (χ2n) is 9.96. The average molecular weight is 502 g/mol. The summed E-state index contributed by atoms with van der Waals surface area (Å²) in [5.41, 5.74) is 0.636. The van der Waals surface area contributed by atoms with Gasteiger partial charge in [0.2, 0.25) is 5.92 Å². The highest BCUT2D eigenvalue weighted by Gasteiger charge is 2.21. The predicted octanol–water partition coefficient (Wildman–Crippen LogP) is 5.80. The number of amides is 1. The Morgan fingerprint density at radius 2 is 1.69 bits per heavy atom. The van der Waals surface area contributed by atoms with E-state index in [1.807, 2.05) is 20.8 Å². The van der Waals surface area contributed by atoms with E-state index in [1.54, 1.807) is 36.1 Å². The van der Waals surface area contributed by atoms with Crippen molar-refractivity contribution in [1.82, 2.24) is 4.90 Å². The lowest BCUT2D eigenvalue weighted by Crippen LogP contribution is -2.37. The molecule has 7 nitrogen and oxygen atoms in total. The summed E-state index contributed by atoms with van der Waals surface area (Å²) in [6.07, 6.45) is 0.314. The monoisotopic (exact) mass is 501 g/mol. The molecule has 1 rings (SSSR count). The van der Waals surface area contributed by atoms with E-state index >= 15 is 0 Å². The number of carbonyl (C=O) groups excluding carboxylic acids is 1. The van der Waals surface area contributed by atoms with Gasteiger partial charge < -0.3 is 24.2 Å². The van der Waals surface area contributed by atoms with Gasteiger partial charge in [-0.3, -0.25) is 0 Å². The molecule has 0 bridgehead atoms. The van der Waals surface area contributed by atoms with Gasteiger partial charge in [0.05, 0.1) is 13.2 Å². The molecule has 1 amide bonds. The van der Waals surface area contributed by atoms with E-state index < -0.39 is 24.1 Å².